The summed E-state index contributed by atoms with van der Waals surface area (Å²) in [6.07, 6.45) is 3.98. The number of methoxy groups -OCH3 is 2. The number of nitrogens with zero attached hydrogens (tertiary/aromatic N) is 1. The number of carbonyl (C=O) groups excluding carboxylic acids is 1. The Labute approximate surface area is 119 Å². The topological polar surface area (TPSA) is 59.3 Å². The molecule has 106 valence electrons. The zero-order valence-corrected chi connectivity index (χ0v) is 11.9. The Balaban J connectivity index is 2.27. The standard InChI is InChI=1S/C16H19NO3/c1-19-14-8-7-12(9-15(14)20-2)13(10-17)16(18)11-5-3-4-6-11/h7-9,11,13H,3-6H2,1-2H3. The summed E-state index contributed by atoms with van der Waals surface area (Å²) in [4.78, 5) is 12.4. The monoisotopic (exact) mass is 273 g/mol. The Morgan fingerprint density at radius 3 is 2.45 bits per heavy atom. The maximum atomic E-state index is 12.4. The Kier molecular flexibility index (Phi) is 4.62. The van der Waals surface area contributed by atoms with Crippen molar-refractivity contribution < 1.29 is 14.3 Å². The van der Waals surface area contributed by atoms with Crippen LogP contribution in [0.1, 0.15) is 37.2 Å². The minimum Gasteiger partial charge on any atom is -0.493 e. The van der Waals surface area contributed by atoms with Crippen molar-refractivity contribution in [3.05, 3.63) is 23.8 Å². The molecular weight excluding hydrogens is 254 g/mol. The number of rotatable bonds is 5. The van der Waals surface area contributed by atoms with E-state index in [2.05, 4.69) is 6.07 Å². The Morgan fingerprint density at radius 1 is 1.25 bits per heavy atom. The molecule has 0 saturated heterocycles. The van der Waals surface area contributed by atoms with Crippen molar-refractivity contribution in [1.29, 1.82) is 5.26 Å². The molecule has 4 heteroatoms. The number of nitriles is 1. The molecule has 0 aromatic heterocycles. The van der Waals surface area contributed by atoms with Crippen molar-refractivity contribution in [1.82, 2.24) is 0 Å². The summed E-state index contributed by atoms with van der Waals surface area (Å²) in [5, 5.41) is 9.36. The van der Waals surface area contributed by atoms with Gasteiger partial charge in [-0.05, 0) is 30.5 Å². The minimum absolute atomic E-state index is 0.0350. The fourth-order valence-electron chi connectivity index (χ4n) is 2.78. The summed E-state index contributed by atoms with van der Waals surface area (Å²) in [6.45, 7) is 0. The van der Waals surface area contributed by atoms with Gasteiger partial charge in [-0.2, -0.15) is 5.26 Å². The fraction of sp³-hybridized carbons (Fsp3) is 0.500. The van der Waals surface area contributed by atoms with Crippen LogP contribution in [0.4, 0.5) is 0 Å². The van der Waals surface area contributed by atoms with Crippen molar-refractivity contribution in [2.45, 2.75) is 31.6 Å². The van der Waals surface area contributed by atoms with Gasteiger partial charge in [0.1, 0.15) is 5.92 Å². The van der Waals surface area contributed by atoms with Gasteiger partial charge in [0.25, 0.3) is 0 Å². The number of benzene rings is 1. The molecular formula is C16H19NO3. The molecule has 1 atom stereocenters. The molecule has 1 unspecified atom stereocenters. The van der Waals surface area contributed by atoms with Gasteiger partial charge in [-0.25, -0.2) is 0 Å². The van der Waals surface area contributed by atoms with E-state index in [4.69, 9.17) is 9.47 Å². The minimum atomic E-state index is -0.710. The van der Waals surface area contributed by atoms with Gasteiger partial charge in [-0.3, -0.25) is 4.79 Å². The van der Waals surface area contributed by atoms with Crippen molar-refractivity contribution in [3.8, 4) is 17.6 Å². The molecule has 1 fully saturated rings. The SMILES string of the molecule is COc1ccc(C(C#N)C(=O)C2CCCC2)cc1OC. The van der Waals surface area contributed by atoms with Crippen LogP contribution in [0.25, 0.3) is 0 Å². The highest BCUT2D eigenvalue weighted by atomic mass is 16.5. The first-order valence-corrected chi connectivity index (χ1v) is 6.86. The predicted octanol–water partition coefficient (Wildman–Crippen LogP) is 3.07. The molecule has 2 rings (SSSR count). The summed E-state index contributed by atoms with van der Waals surface area (Å²) < 4.78 is 10.4. The predicted molar refractivity (Wildman–Crippen MR) is 74.9 cm³/mol. The van der Waals surface area contributed by atoms with E-state index in [1.54, 1.807) is 32.4 Å². The molecule has 0 N–H and O–H groups in total. The number of hydrogen-bond donors (Lipinski definition) is 0. The average molecular weight is 273 g/mol. The van der Waals surface area contributed by atoms with Crippen LogP contribution in [0.15, 0.2) is 18.2 Å². The van der Waals surface area contributed by atoms with E-state index in [-0.39, 0.29) is 11.7 Å². The van der Waals surface area contributed by atoms with E-state index in [9.17, 15) is 10.1 Å². The van der Waals surface area contributed by atoms with Crippen molar-refractivity contribution >= 4 is 5.78 Å². The number of Topliss-reactive ketones (excluding diaryl/α,β-unsaturated/α-hetero) is 1. The third kappa shape index (κ3) is 2.77. The lowest BCUT2D eigenvalue weighted by molar-refractivity contribution is -0.123. The zero-order valence-electron chi connectivity index (χ0n) is 11.9. The van der Waals surface area contributed by atoms with Gasteiger partial charge in [0.05, 0.1) is 20.3 Å². The summed E-state index contributed by atoms with van der Waals surface area (Å²) in [7, 11) is 3.10. The van der Waals surface area contributed by atoms with E-state index >= 15 is 0 Å². The Morgan fingerprint density at radius 2 is 1.90 bits per heavy atom. The zero-order chi connectivity index (χ0) is 14.5. The maximum absolute atomic E-state index is 12.4. The van der Waals surface area contributed by atoms with Crippen molar-refractivity contribution in [2.75, 3.05) is 14.2 Å². The average Bonchev–Trinajstić information content (AvgIpc) is 3.01. The second-order valence-electron chi connectivity index (χ2n) is 5.06. The maximum Gasteiger partial charge on any atom is 0.161 e. The summed E-state index contributed by atoms with van der Waals surface area (Å²) in [6, 6.07) is 7.36. The Bertz CT molecular complexity index is 527. The highest BCUT2D eigenvalue weighted by molar-refractivity contribution is 5.90. The first-order chi connectivity index (χ1) is 9.71. The summed E-state index contributed by atoms with van der Waals surface area (Å²) in [5.74, 6) is 0.508. The lowest BCUT2D eigenvalue weighted by atomic mass is 9.87. The second kappa shape index (κ2) is 6.42. The highest BCUT2D eigenvalue weighted by Crippen LogP contribution is 2.34. The third-order valence-corrected chi connectivity index (χ3v) is 3.91. The molecule has 1 saturated carbocycles. The first kappa shape index (κ1) is 14.4. The third-order valence-electron chi connectivity index (χ3n) is 3.91. The van der Waals surface area contributed by atoms with Crippen LogP contribution in [0.5, 0.6) is 11.5 Å². The molecule has 0 spiro atoms. The quantitative estimate of drug-likeness (QED) is 0.827. The van der Waals surface area contributed by atoms with Crippen LogP contribution in [-0.4, -0.2) is 20.0 Å². The molecule has 0 heterocycles. The Hall–Kier alpha value is -2.02. The number of ether oxygens (including phenoxy) is 2. The van der Waals surface area contributed by atoms with Crippen molar-refractivity contribution in [3.63, 3.8) is 0 Å². The summed E-state index contributed by atoms with van der Waals surface area (Å²) >= 11 is 0. The van der Waals surface area contributed by atoms with Gasteiger partial charge in [0.15, 0.2) is 17.3 Å². The number of hydrogen-bond acceptors (Lipinski definition) is 4. The lowest BCUT2D eigenvalue weighted by Gasteiger charge is -2.15. The molecule has 0 aliphatic heterocycles. The molecule has 1 aromatic rings. The molecule has 0 amide bonds. The van der Waals surface area contributed by atoms with Crippen LogP contribution in [0.3, 0.4) is 0 Å². The van der Waals surface area contributed by atoms with E-state index < -0.39 is 5.92 Å². The number of ketones is 1. The van der Waals surface area contributed by atoms with E-state index in [1.165, 1.54) is 0 Å². The van der Waals surface area contributed by atoms with Gasteiger partial charge in [-0.1, -0.05) is 18.9 Å². The molecule has 0 radical (unpaired) electrons. The van der Waals surface area contributed by atoms with Crippen LogP contribution >= 0.6 is 0 Å². The fourth-order valence-corrected chi connectivity index (χ4v) is 2.78. The molecule has 1 aromatic carbocycles. The van der Waals surface area contributed by atoms with Crippen LogP contribution < -0.4 is 9.47 Å². The summed E-state index contributed by atoms with van der Waals surface area (Å²) in [5.41, 5.74) is 0.682. The largest absolute Gasteiger partial charge is 0.493 e. The second-order valence-corrected chi connectivity index (χ2v) is 5.06. The van der Waals surface area contributed by atoms with Crippen LogP contribution in [0.2, 0.25) is 0 Å². The number of carbonyl (C=O) groups is 1. The van der Waals surface area contributed by atoms with Crippen molar-refractivity contribution in [2.24, 2.45) is 5.92 Å². The molecule has 1 aliphatic carbocycles. The molecule has 4 nitrogen and oxygen atoms in total. The van der Waals surface area contributed by atoms with E-state index in [1.807, 2.05) is 0 Å². The normalized spacial score (nSPS) is 16.4. The molecule has 0 bridgehead atoms. The lowest BCUT2D eigenvalue weighted by Crippen LogP contribution is -2.19. The van der Waals surface area contributed by atoms with Gasteiger partial charge in [0.2, 0.25) is 0 Å². The molecule has 20 heavy (non-hydrogen) atoms. The van der Waals surface area contributed by atoms with Crippen LogP contribution in [-0.2, 0) is 4.79 Å². The first-order valence-electron chi connectivity index (χ1n) is 6.86. The van der Waals surface area contributed by atoms with Gasteiger partial charge in [-0.15, -0.1) is 0 Å². The molecule has 1 aliphatic rings. The van der Waals surface area contributed by atoms with E-state index in [0.29, 0.717) is 17.1 Å². The van der Waals surface area contributed by atoms with Gasteiger partial charge >= 0.3 is 0 Å². The highest BCUT2D eigenvalue weighted by Gasteiger charge is 2.30. The van der Waals surface area contributed by atoms with Gasteiger partial charge in [0, 0.05) is 5.92 Å². The van der Waals surface area contributed by atoms with Crippen LogP contribution in [0, 0.1) is 17.2 Å². The van der Waals surface area contributed by atoms with Gasteiger partial charge < -0.3 is 9.47 Å². The smallest absolute Gasteiger partial charge is 0.161 e. The van der Waals surface area contributed by atoms with E-state index in [0.717, 1.165) is 25.7 Å².